The molecule has 0 aliphatic carbocycles. The number of hydrogen-bond acceptors (Lipinski definition) is 4. The van der Waals surface area contributed by atoms with Crippen LogP contribution in [0.5, 0.6) is 0 Å². The summed E-state index contributed by atoms with van der Waals surface area (Å²) in [5.41, 5.74) is 6.32. The van der Waals surface area contributed by atoms with Crippen LogP contribution in [-0.4, -0.2) is 49.7 Å². The van der Waals surface area contributed by atoms with Gasteiger partial charge >= 0.3 is 0 Å². The van der Waals surface area contributed by atoms with Crippen molar-refractivity contribution in [3.05, 3.63) is 27.7 Å². The van der Waals surface area contributed by atoms with E-state index < -0.39 is 0 Å². The zero-order valence-electron chi connectivity index (χ0n) is 11.9. The summed E-state index contributed by atoms with van der Waals surface area (Å²) in [6.07, 6.45) is 0.00220. The third-order valence-electron chi connectivity index (χ3n) is 3.50. The first-order chi connectivity index (χ1) is 10.0. The number of ether oxygens (including phenoxy) is 1. The third kappa shape index (κ3) is 4.23. The van der Waals surface area contributed by atoms with Crippen LogP contribution >= 0.6 is 23.2 Å². The molecule has 0 spiro atoms. The van der Waals surface area contributed by atoms with Gasteiger partial charge in [0.05, 0.1) is 28.4 Å². The standard InChI is InChI=1S/C14H19Cl2N3O2/c1-2-19-3-4-21-10(8-19)7-18-14(20)9-5-11(15)13(17)12(16)6-9/h5-6,10H,2-4,7-8,17H2,1H3,(H,18,20). The molecular formula is C14H19Cl2N3O2. The molecule has 1 saturated heterocycles. The average molecular weight is 332 g/mol. The lowest BCUT2D eigenvalue weighted by molar-refractivity contribution is -0.0246. The van der Waals surface area contributed by atoms with E-state index in [4.69, 9.17) is 33.7 Å². The number of anilines is 1. The molecule has 7 heteroatoms. The second kappa shape index (κ2) is 7.31. The minimum absolute atomic E-state index is 0.00220. The Bertz CT molecular complexity index is 502. The Morgan fingerprint density at radius 2 is 2.14 bits per heavy atom. The number of carbonyl (C=O) groups excluding carboxylic acids is 1. The first-order valence-corrected chi connectivity index (χ1v) is 7.63. The van der Waals surface area contributed by atoms with Crippen LogP contribution < -0.4 is 11.1 Å². The largest absolute Gasteiger partial charge is 0.396 e. The number of rotatable bonds is 4. The van der Waals surface area contributed by atoms with Crippen molar-refractivity contribution in [2.24, 2.45) is 0 Å². The molecule has 3 N–H and O–H groups in total. The molecule has 1 fully saturated rings. The van der Waals surface area contributed by atoms with Gasteiger partial charge in [0.15, 0.2) is 0 Å². The van der Waals surface area contributed by atoms with Crippen molar-refractivity contribution in [2.45, 2.75) is 13.0 Å². The minimum Gasteiger partial charge on any atom is -0.396 e. The maximum absolute atomic E-state index is 12.1. The molecule has 1 atom stereocenters. The molecule has 1 aliphatic heterocycles. The average Bonchev–Trinajstić information content (AvgIpc) is 2.50. The monoisotopic (exact) mass is 331 g/mol. The molecule has 1 aromatic rings. The molecule has 2 rings (SSSR count). The fraction of sp³-hybridized carbons (Fsp3) is 0.500. The molecule has 1 aliphatic rings. The molecule has 1 heterocycles. The molecule has 1 unspecified atom stereocenters. The quantitative estimate of drug-likeness (QED) is 0.828. The van der Waals surface area contributed by atoms with Crippen LogP contribution in [0.4, 0.5) is 5.69 Å². The Morgan fingerprint density at radius 1 is 1.48 bits per heavy atom. The summed E-state index contributed by atoms with van der Waals surface area (Å²) < 4.78 is 5.63. The van der Waals surface area contributed by atoms with E-state index in [1.165, 1.54) is 12.1 Å². The number of nitrogen functional groups attached to an aromatic ring is 1. The Balaban J connectivity index is 1.93. The minimum atomic E-state index is -0.240. The van der Waals surface area contributed by atoms with Gasteiger partial charge in [-0.3, -0.25) is 9.69 Å². The first kappa shape index (κ1) is 16.4. The van der Waals surface area contributed by atoms with Crippen LogP contribution in [0.1, 0.15) is 17.3 Å². The molecular weight excluding hydrogens is 313 g/mol. The number of hydrogen-bond donors (Lipinski definition) is 2. The fourth-order valence-corrected chi connectivity index (χ4v) is 2.70. The van der Waals surface area contributed by atoms with Crippen LogP contribution in [0.25, 0.3) is 0 Å². The maximum atomic E-state index is 12.1. The van der Waals surface area contributed by atoms with Gasteiger partial charge in [-0.25, -0.2) is 0 Å². The van der Waals surface area contributed by atoms with Crippen molar-refractivity contribution >= 4 is 34.8 Å². The summed E-state index contributed by atoms with van der Waals surface area (Å²) in [6, 6.07) is 3.02. The smallest absolute Gasteiger partial charge is 0.251 e. The summed E-state index contributed by atoms with van der Waals surface area (Å²) in [5.74, 6) is -0.240. The molecule has 116 valence electrons. The third-order valence-corrected chi connectivity index (χ3v) is 4.13. The number of morpholine rings is 1. The molecule has 5 nitrogen and oxygen atoms in total. The van der Waals surface area contributed by atoms with Gasteiger partial charge in [0.2, 0.25) is 0 Å². The van der Waals surface area contributed by atoms with Crippen molar-refractivity contribution < 1.29 is 9.53 Å². The summed E-state index contributed by atoms with van der Waals surface area (Å²) in [6.45, 7) is 5.99. The second-order valence-electron chi connectivity index (χ2n) is 4.95. The molecule has 0 bridgehead atoms. The predicted octanol–water partition coefficient (Wildman–Crippen LogP) is 2.03. The van der Waals surface area contributed by atoms with Gasteiger partial charge in [-0.2, -0.15) is 0 Å². The molecule has 1 amide bonds. The van der Waals surface area contributed by atoms with E-state index in [0.29, 0.717) is 18.7 Å². The lowest BCUT2D eigenvalue weighted by atomic mass is 10.2. The highest BCUT2D eigenvalue weighted by Crippen LogP contribution is 2.28. The number of amides is 1. The highest BCUT2D eigenvalue weighted by Gasteiger charge is 2.20. The Morgan fingerprint density at radius 3 is 2.76 bits per heavy atom. The first-order valence-electron chi connectivity index (χ1n) is 6.88. The lowest BCUT2D eigenvalue weighted by Gasteiger charge is -2.32. The van der Waals surface area contributed by atoms with Crippen LogP contribution in [0.15, 0.2) is 12.1 Å². The zero-order chi connectivity index (χ0) is 15.4. The number of benzene rings is 1. The van der Waals surface area contributed by atoms with Gasteiger partial charge < -0.3 is 15.8 Å². The van der Waals surface area contributed by atoms with Crippen molar-refractivity contribution in [3.63, 3.8) is 0 Å². The van der Waals surface area contributed by atoms with Gasteiger partial charge in [-0.05, 0) is 18.7 Å². The zero-order valence-corrected chi connectivity index (χ0v) is 13.4. The van der Waals surface area contributed by atoms with Crippen LogP contribution in [0.3, 0.4) is 0 Å². The van der Waals surface area contributed by atoms with E-state index in [1.54, 1.807) is 0 Å². The summed E-state index contributed by atoms with van der Waals surface area (Å²) in [7, 11) is 0. The molecule has 1 aromatic carbocycles. The van der Waals surface area contributed by atoms with Crippen LogP contribution in [0.2, 0.25) is 10.0 Å². The molecule has 0 radical (unpaired) electrons. The van der Waals surface area contributed by atoms with Crippen molar-refractivity contribution in [1.29, 1.82) is 0 Å². The normalized spacial score (nSPS) is 19.5. The van der Waals surface area contributed by atoms with E-state index in [-0.39, 0.29) is 27.7 Å². The van der Waals surface area contributed by atoms with Gasteiger partial charge in [-0.1, -0.05) is 30.1 Å². The van der Waals surface area contributed by atoms with E-state index >= 15 is 0 Å². The highest BCUT2D eigenvalue weighted by atomic mass is 35.5. The fourth-order valence-electron chi connectivity index (χ4n) is 2.22. The number of carbonyl (C=O) groups is 1. The van der Waals surface area contributed by atoms with Gasteiger partial charge in [0.1, 0.15) is 0 Å². The topological polar surface area (TPSA) is 67.6 Å². The molecule has 0 aromatic heterocycles. The van der Waals surface area contributed by atoms with E-state index in [9.17, 15) is 4.79 Å². The van der Waals surface area contributed by atoms with Gasteiger partial charge in [0.25, 0.3) is 5.91 Å². The number of halogens is 2. The number of nitrogens with zero attached hydrogens (tertiary/aromatic N) is 1. The maximum Gasteiger partial charge on any atom is 0.251 e. The van der Waals surface area contributed by atoms with E-state index in [2.05, 4.69) is 17.1 Å². The Labute approximate surface area is 134 Å². The summed E-state index contributed by atoms with van der Waals surface area (Å²) in [4.78, 5) is 14.4. The predicted molar refractivity (Wildman–Crippen MR) is 85.1 cm³/mol. The van der Waals surface area contributed by atoms with Crippen molar-refractivity contribution in [2.75, 3.05) is 38.5 Å². The van der Waals surface area contributed by atoms with Gasteiger partial charge in [-0.15, -0.1) is 0 Å². The van der Waals surface area contributed by atoms with Crippen LogP contribution in [0, 0.1) is 0 Å². The van der Waals surface area contributed by atoms with Crippen LogP contribution in [-0.2, 0) is 4.74 Å². The SMILES string of the molecule is CCN1CCOC(CNC(=O)c2cc(Cl)c(N)c(Cl)c2)C1. The number of nitrogens with two attached hydrogens (primary N) is 1. The molecule has 0 saturated carbocycles. The number of nitrogens with one attached hydrogen (secondary N) is 1. The van der Waals surface area contributed by atoms with Crippen molar-refractivity contribution in [1.82, 2.24) is 10.2 Å². The lowest BCUT2D eigenvalue weighted by Crippen LogP contribution is -2.47. The van der Waals surface area contributed by atoms with E-state index in [1.807, 2.05) is 0 Å². The molecule has 21 heavy (non-hydrogen) atoms. The Hall–Kier alpha value is -1.01. The van der Waals surface area contributed by atoms with Gasteiger partial charge in [0, 0.05) is 25.2 Å². The highest BCUT2D eigenvalue weighted by molar-refractivity contribution is 6.39. The Kier molecular flexibility index (Phi) is 5.70. The second-order valence-corrected chi connectivity index (χ2v) is 5.76. The summed E-state index contributed by atoms with van der Waals surface area (Å²) >= 11 is 11.9. The van der Waals surface area contributed by atoms with Crippen molar-refractivity contribution in [3.8, 4) is 0 Å². The summed E-state index contributed by atoms with van der Waals surface area (Å²) in [5, 5.41) is 3.39. The number of likely N-dealkylation sites (N-methyl/N-ethyl adjacent to an activating group) is 1. The van der Waals surface area contributed by atoms with E-state index in [0.717, 1.165) is 19.6 Å².